The predicted octanol–water partition coefficient (Wildman–Crippen LogP) is 2.06. The monoisotopic (exact) mass is 288 g/mol. The van der Waals surface area contributed by atoms with Crippen LogP contribution in [-0.4, -0.2) is 23.2 Å². The Hall–Kier alpha value is -0.680. The third-order valence-corrected chi connectivity index (χ3v) is 2.97. The number of halogens is 1. The maximum absolute atomic E-state index is 11.6. The molecule has 4 nitrogen and oxygen atoms in total. The fourth-order valence-corrected chi connectivity index (χ4v) is 1.78. The molecule has 0 aliphatic rings. The van der Waals surface area contributed by atoms with Crippen molar-refractivity contribution in [2.24, 2.45) is 0 Å². The molecule has 0 aliphatic heterocycles. The first kappa shape index (κ1) is 13.4. The van der Waals surface area contributed by atoms with Gasteiger partial charge in [0.1, 0.15) is 10.3 Å². The van der Waals surface area contributed by atoms with E-state index in [1.165, 1.54) is 0 Å². The highest BCUT2D eigenvalue weighted by Crippen LogP contribution is 2.11. The van der Waals surface area contributed by atoms with Gasteiger partial charge in [0.2, 0.25) is 0 Å². The largest absolute Gasteiger partial charge is 0.381 e. The predicted molar refractivity (Wildman–Crippen MR) is 66.7 cm³/mol. The van der Waals surface area contributed by atoms with E-state index in [2.05, 4.69) is 32.8 Å². The van der Waals surface area contributed by atoms with E-state index in [9.17, 15) is 4.79 Å². The molecule has 0 atom stereocenters. The lowest BCUT2D eigenvalue weighted by Gasteiger charge is -2.05. The first-order valence-electron chi connectivity index (χ1n) is 5.54. The summed E-state index contributed by atoms with van der Waals surface area (Å²) >= 11 is 3.26. The minimum Gasteiger partial charge on any atom is -0.381 e. The van der Waals surface area contributed by atoms with Crippen molar-refractivity contribution in [2.45, 2.75) is 33.1 Å². The maximum atomic E-state index is 11.6. The number of hydrogen-bond donors (Lipinski definition) is 1. The average molecular weight is 289 g/mol. The van der Waals surface area contributed by atoms with E-state index < -0.39 is 0 Å². The summed E-state index contributed by atoms with van der Waals surface area (Å²) in [5.41, 5.74) is 0.725. The lowest BCUT2D eigenvalue weighted by molar-refractivity contribution is 0.149. The van der Waals surface area contributed by atoms with Crippen LogP contribution in [0.15, 0.2) is 9.27 Å². The molecule has 1 aromatic rings. The van der Waals surface area contributed by atoms with Gasteiger partial charge in [-0.15, -0.1) is 0 Å². The van der Waals surface area contributed by atoms with Crippen LogP contribution < -0.4 is 5.56 Å². The van der Waals surface area contributed by atoms with Crippen LogP contribution in [0.3, 0.4) is 0 Å². The number of rotatable bonds is 6. The second kappa shape index (κ2) is 6.81. The van der Waals surface area contributed by atoms with Crippen molar-refractivity contribution in [2.75, 3.05) is 13.2 Å². The zero-order valence-electron chi connectivity index (χ0n) is 9.68. The molecule has 0 spiro atoms. The van der Waals surface area contributed by atoms with Gasteiger partial charge < -0.3 is 9.72 Å². The number of ether oxygens (including phenoxy) is 1. The molecule has 1 aromatic heterocycles. The Kier molecular flexibility index (Phi) is 5.69. The summed E-state index contributed by atoms with van der Waals surface area (Å²) in [5, 5.41) is 0. The van der Waals surface area contributed by atoms with Gasteiger partial charge in [-0.2, -0.15) is 0 Å². The molecular formula is C11H17BrN2O2. The quantitative estimate of drug-likeness (QED) is 0.816. The molecule has 1 N–H and O–H groups in total. The third kappa shape index (κ3) is 3.72. The summed E-state index contributed by atoms with van der Waals surface area (Å²) in [6, 6.07) is 0. The highest BCUT2D eigenvalue weighted by Gasteiger charge is 2.07. The summed E-state index contributed by atoms with van der Waals surface area (Å²) < 4.78 is 5.78. The van der Waals surface area contributed by atoms with Crippen molar-refractivity contribution >= 4 is 15.9 Å². The Bertz CT molecular complexity index is 390. The van der Waals surface area contributed by atoms with Crippen LogP contribution in [0.4, 0.5) is 0 Å². The van der Waals surface area contributed by atoms with E-state index in [0.717, 1.165) is 18.5 Å². The van der Waals surface area contributed by atoms with Gasteiger partial charge in [0.15, 0.2) is 0 Å². The van der Waals surface area contributed by atoms with Crippen molar-refractivity contribution < 1.29 is 4.74 Å². The van der Waals surface area contributed by atoms with Gasteiger partial charge in [0, 0.05) is 13.0 Å². The van der Waals surface area contributed by atoms with Gasteiger partial charge in [0.05, 0.1) is 12.3 Å². The summed E-state index contributed by atoms with van der Waals surface area (Å²) in [6.07, 6.45) is 2.43. The number of hydrogen-bond acceptors (Lipinski definition) is 3. The fraction of sp³-hybridized carbons (Fsp3) is 0.636. The van der Waals surface area contributed by atoms with Crippen LogP contribution in [0.1, 0.15) is 31.8 Å². The molecule has 0 radical (unpaired) electrons. The van der Waals surface area contributed by atoms with Crippen molar-refractivity contribution in [3.05, 3.63) is 26.3 Å². The molecule has 0 aromatic carbocycles. The second-order valence-electron chi connectivity index (χ2n) is 3.47. The molecule has 0 fully saturated rings. The Morgan fingerprint density at radius 2 is 2.12 bits per heavy atom. The smallest absolute Gasteiger partial charge is 0.265 e. The van der Waals surface area contributed by atoms with Crippen molar-refractivity contribution in [1.82, 2.24) is 9.97 Å². The SMILES string of the molecule is CCCc1nc(CCOCC)[nH]c(=O)c1Br. The molecule has 0 aliphatic carbocycles. The zero-order valence-corrected chi connectivity index (χ0v) is 11.3. The maximum Gasteiger partial charge on any atom is 0.265 e. The van der Waals surface area contributed by atoms with Crippen LogP contribution >= 0.6 is 15.9 Å². The van der Waals surface area contributed by atoms with E-state index in [4.69, 9.17) is 4.74 Å². The van der Waals surface area contributed by atoms with Crippen LogP contribution in [-0.2, 0) is 17.6 Å². The van der Waals surface area contributed by atoms with Crippen LogP contribution in [0.2, 0.25) is 0 Å². The Balaban J connectivity index is 2.82. The average Bonchev–Trinajstić information content (AvgIpc) is 2.26. The van der Waals surface area contributed by atoms with Gasteiger partial charge in [-0.05, 0) is 29.3 Å². The van der Waals surface area contributed by atoms with Crippen molar-refractivity contribution in [3.63, 3.8) is 0 Å². The molecule has 1 heterocycles. The Morgan fingerprint density at radius 3 is 2.75 bits per heavy atom. The summed E-state index contributed by atoms with van der Waals surface area (Å²) in [7, 11) is 0. The lowest BCUT2D eigenvalue weighted by Crippen LogP contribution is -2.17. The second-order valence-corrected chi connectivity index (χ2v) is 4.26. The van der Waals surface area contributed by atoms with Gasteiger partial charge in [-0.3, -0.25) is 4.79 Å². The van der Waals surface area contributed by atoms with E-state index >= 15 is 0 Å². The molecule has 0 unspecified atom stereocenters. The minimum absolute atomic E-state index is 0.107. The molecule has 0 bridgehead atoms. The highest BCUT2D eigenvalue weighted by molar-refractivity contribution is 9.10. The molecule has 0 saturated heterocycles. The number of aryl methyl sites for hydroxylation is 1. The normalized spacial score (nSPS) is 10.7. The number of H-pyrrole nitrogens is 1. The van der Waals surface area contributed by atoms with E-state index in [0.29, 0.717) is 29.9 Å². The fourth-order valence-electron chi connectivity index (χ4n) is 1.39. The lowest BCUT2D eigenvalue weighted by atomic mass is 10.2. The topological polar surface area (TPSA) is 55.0 Å². The molecule has 16 heavy (non-hydrogen) atoms. The molecule has 0 amide bonds. The van der Waals surface area contributed by atoms with E-state index in [1.807, 2.05) is 6.92 Å². The van der Waals surface area contributed by atoms with Crippen molar-refractivity contribution in [3.8, 4) is 0 Å². The standard InChI is InChI=1S/C11H17BrN2O2/c1-3-5-8-10(12)11(15)14-9(13-8)6-7-16-4-2/h3-7H2,1-2H3,(H,13,14,15). The van der Waals surface area contributed by atoms with Crippen LogP contribution in [0.25, 0.3) is 0 Å². The van der Waals surface area contributed by atoms with E-state index in [1.54, 1.807) is 0 Å². The van der Waals surface area contributed by atoms with Crippen LogP contribution in [0.5, 0.6) is 0 Å². The van der Waals surface area contributed by atoms with Gasteiger partial charge in [-0.25, -0.2) is 4.98 Å². The Morgan fingerprint density at radius 1 is 1.38 bits per heavy atom. The first-order chi connectivity index (χ1) is 7.69. The molecule has 0 saturated carbocycles. The molecular weight excluding hydrogens is 272 g/mol. The zero-order chi connectivity index (χ0) is 12.0. The molecule has 1 rings (SSSR count). The number of aromatic nitrogens is 2. The molecule has 90 valence electrons. The Labute approximate surface area is 104 Å². The van der Waals surface area contributed by atoms with Gasteiger partial charge in [-0.1, -0.05) is 13.3 Å². The van der Waals surface area contributed by atoms with Crippen molar-refractivity contribution in [1.29, 1.82) is 0 Å². The minimum atomic E-state index is -0.107. The number of nitrogens with one attached hydrogen (secondary N) is 1. The van der Waals surface area contributed by atoms with Gasteiger partial charge in [0.25, 0.3) is 5.56 Å². The number of aromatic amines is 1. The summed E-state index contributed by atoms with van der Waals surface area (Å²) in [6.45, 7) is 5.28. The third-order valence-electron chi connectivity index (χ3n) is 2.15. The molecule has 5 heteroatoms. The van der Waals surface area contributed by atoms with E-state index in [-0.39, 0.29) is 5.56 Å². The first-order valence-corrected chi connectivity index (χ1v) is 6.33. The summed E-state index contributed by atoms with van der Waals surface area (Å²) in [5.74, 6) is 0.699. The summed E-state index contributed by atoms with van der Waals surface area (Å²) in [4.78, 5) is 18.7. The van der Waals surface area contributed by atoms with Crippen LogP contribution in [0, 0.1) is 0 Å². The highest BCUT2D eigenvalue weighted by atomic mass is 79.9. The number of nitrogens with zero attached hydrogens (tertiary/aromatic N) is 1. The van der Waals surface area contributed by atoms with Gasteiger partial charge >= 0.3 is 0 Å².